The molecule has 0 radical (unpaired) electrons. The number of aliphatic hydroxyl groups excluding tert-OH is 3. The molecule has 1 aliphatic rings. The lowest BCUT2D eigenvalue weighted by Gasteiger charge is -2.26. The highest BCUT2D eigenvalue weighted by Gasteiger charge is 2.42. The van der Waals surface area contributed by atoms with E-state index in [1.54, 1.807) is 31.4 Å². The van der Waals surface area contributed by atoms with Crippen LogP contribution >= 0.6 is 11.3 Å². The maximum atomic E-state index is 12.8. The first-order valence-corrected chi connectivity index (χ1v) is 13.3. The number of carbonyl (C=O) groups is 4. The minimum Gasteiger partial charge on any atom is -0.497 e. The second kappa shape index (κ2) is 14.6. The summed E-state index contributed by atoms with van der Waals surface area (Å²) in [7, 11) is 1.55. The van der Waals surface area contributed by atoms with Gasteiger partial charge in [-0.05, 0) is 31.0 Å². The molecule has 0 aliphatic carbocycles. The number of hydrogen-bond acceptors (Lipinski definition) is 11. The average molecular weight is 579 g/mol. The molecule has 14 nitrogen and oxygen atoms in total. The molecule has 40 heavy (non-hydrogen) atoms. The van der Waals surface area contributed by atoms with Crippen LogP contribution in [0.3, 0.4) is 0 Å². The molecule has 218 valence electrons. The van der Waals surface area contributed by atoms with Gasteiger partial charge in [0.25, 0.3) is 0 Å². The van der Waals surface area contributed by atoms with Crippen molar-refractivity contribution in [3.8, 4) is 5.75 Å². The lowest BCUT2D eigenvalue weighted by atomic mass is 10.0. The van der Waals surface area contributed by atoms with Gasteiger partial charge in [-0.2, -0.15) is 0 Å². The van der Waals surface area contributed by atoms with E-state index in [-0.39, 0.29) is 26.2 Å². The maximum Gasteiger partial charge on any atom is 0.242 e. The minimum absolute atomic E-state index is 0.0787. The van der Waals surface area contributed by atoms with Crippen LogP contribution in [0.15, 0.2) is 30.5 Å². The first-order chi connectivity index (χ1) is 19.1. The van der Waals surface area contributed by atoms with E-state index in [1.807, 2.05) is 0 Å². The van der Waals surface area contributed by atoms with Gasteiger partial charge in [0.2, 0.25) is 23.6 Å². The highest BCUT2D eigenvalue weighted by molar-refractivity contribution is 7.15. The Morgan fingerprint density at radius 1 is 1.10 bits per heavy atom. The maximum absolute atomic E-state index is 12.8. The van der Waals surface area contributed by atoms with Crippen LogP contribution in [-0.4, -0.2) is 106 Å². The number of nitrogens with zero attached hydrogens (tertiary/aromatic N) is 2. The van der Waals surface area contributed by atoms with Gasteiger partial charge in [0, 0.05) is 12.7 Å². The number of amides is 4. The monoisotopic (exact) mass is 578 g/mol. The number of methoxy groups -OCH3 is 1. The Morgan fingerprint density at radius 3 is 2.48 bits per heavy atom. The van der Waals surface area contributed by atoms with Crippen LogP contribution in [0.1, 0.15) is 17.4 Å². The molecule has 1 aliphatic heterocycles. The Bertz CT molecular complexity index is 1180. The van der Waals surface area contributed by atoms with Crippen LogP contribution in [0.5, 0.6) is 5.75 Å². The molecule has 2 aromatic rings. The van der Waals surface area contributed by atoms with Crippen molar-refractivity contribution in [3.63, 3.8) is 0 Å². The third-order valence-corrected chi connectivity index (χ3v) is 7.18. The van der Waals surface area contributed by atoms with E-state index >= 15 is 0 Å². The number of hydrogen-bond donors (Lipinski definition) is 7. The van der Waals surface area contributed by atoms with Gasteiger partial charge in [0.15, 0.2) is 5.13 Å². The quantitative estimate of drug-likeness (QED) is 0.139. The number of aromatic nitrogens is 1. The minimum atomic E-state index is -1.15. The standard InChI is InChI=1S/C25H34N6O8S/c1-14(30-21(35)10-29-25-28-8-17(13-32)40-25)24(38)27-9-20(34)26-11-22(36)31-12-19(33)23(37)18(31)7-15-3-5-16(39-2)6-4-15/h3-6,8,14,18-19,23,32-33,37H,7,9-13H2,1-2H3,(H,26,34)(H,27,38)(H,28,29)(H,30,35)/t14?,18-,19+,23+/m1/s1. The molecule has 4 atom stereocenters. The molecule has 7 N–H and O–H groups in total. The van der Waals surface area contributed by atoms with Crippen LogP contribution in [-0.2, 0) is 32.2 Å². The van der Waals surface area contributed by atoms with E-state index in [0.717, 1.165) is 5.56 Å². The lowest BCUT2D eigenvalue weighted by molar-refractivity contribution is -0.134. The van der Waals surface area contributed by atoms with E-state index < -0.39 is 54.5 Å². The van der Waals surface area contributed by atoms with Gasteiger partial charge in [-0.1, -0.05) is 23.5 Å². The van der Waals surface area contributed by atoms with Crippen LogP contribution < -0.4 is 26.0 Å². The van der Waals surface area contributed by atoms with Crippen molar-refractivity contribution in [1.82, 2.24) is 25.8 Å². The van der Waals surface area contributed by atoms with E-state index in [1.165, 1.54) is 29.4 Å². The van der Waals surface area contributed by atoms with Gasteiger partial charge < -0.3 is 46.2 Å². The SMILES string of the molecule is COc1ccc(C[C@@H]2[C@H](O)[C@@H](O)CN2C(=O)CNC(=O)CNC(=O)C(C)NC(=O)CNc2ncc(CO)s2)cc1. The summed E-state index contributed by atoms with van der Waals surface area (Å²) in [6, 6.07) is 5.51. The molecule has 15 heteroatoms. The molecule has 1 saturated heterocycles. The second-order valence-corrected chi connectivity index (χ2v) is 10.3. The molecule has 0 saturated carbocycles. The first kappa shape index (κ1) is 30.7. The summed E-state index contributed by atoms with van der Waals surface area (Å²) in [5.74, 6) is -1.53. The van der Waals surface area contributed by atoms with Crippen LogP contribution in [0.25, 0.3) is 0 Å². The summed E-state index contributed by atoms with van der Waals surface area (Å²) in [6.45, 7) is 0.270. The Balaban J connectivity index is 1.39. The lowest BCUT2D eigenvalue weighted by Crippen LogP contribution is -2.50. The molecule has 3 rings (SSSR count). The van der Waals surface area contributed by atoms with Crippen LogP contribution in [0, 0.1) is 0 Å². The highest BCUT2D eigenvalue weighted by atomic mass is 32.1. The Kier molecular flexibility index (Phi) is 11.2. The zero-order valence-corrected chi connectivity index (χ0v) is 22.9. The molecular weight excluding hydrogens is 544 g/mol. The van der Waals surface area contributed by atoms with E-state index in [2.05, 4.69) is 26.3 Å². The Hall–Kier alpha value is -3.79. The average Bonchev–Trinajstić information content (AvgIpc) is 3.53. The number of β-amino-alcohol motifs (C(OH)–C–C–N with tert-alkyl or cyclic N) is 1. The molecule has 1 fully saturated rings. The van der Waals surface area contributed by atoms with E-state index in [4.69, 9.17) is 9.84 Å². The van der Waals surface area contributed by atoms with E-state index in [0.29, 0.717) is 22.2 Å². The molecular formula is C25H34N6O8S. The van der Waals surface area contributed by atoms with E-state index in [9.17, 15) is 29.4 Å². The number of ether oxygens (including phenoxy) is 1. The number of nitrogens with one attached hydrogen (secondary N) is 4. The van der Waals surface area contributed by atoms with Crippen LogP contribution in [0.2, 0.25) is 0 Å². The van der Waals surface area contributed by atoms with Crippen molar-refractivity contribution in [1.29, 1.82) is 0 Å². The fourth-order valence-electron chi connectivity index (χ4n) is 4.04. The molecule has 0 spiro atoms. The van der Waals surface area contributed by atoms with Crippen molar-refractivity contribution in [2.45, 2.75) is 44.2 Å². The van der Waals surface area contributed by atoms with Gasteiger partial charge in [-0.3, -0.25) is 19.2 Å². The Labute approximate surface area is 234 Å². The fourth-order valence-corrected chi connectivity index (χ4v) is 4.71. The summed E-state index contributed by atoms with van der Waals surface area (Å²) in [5.41, 5.74) is 0.833. The summed E-state index contributed by atoms with van der Waals surface area (Å²) >= 11 is 1.20. The van der Waals surface area contributed by atoms with Gasteiger partial charge in [-0.15, -0.1) is 0 Å². The number of likely N-dealkylation sites (tertiary alicyclic amines) is 1. The summed E-state index contributed by atoms with van der Waals surface area (Å²) in [4.78, 5) is 55.4. The smallest absolute Gasteiger partial charge is 0.242 e. The Morgan fingerprint density at radius 2 is 1.82 bits per heavy atom. The number of aliphatic hydroxyl groups is 3. The third kappa shape index (κ3) is 8.61. The second-order valence-electron chi connectivity index (χ2n) is 9.15. The van der Waals surface area contributed by atoms with Crippen LogP contribution in [0.4, 0.5) is 5.13 Å². The number of anilines is 1. The van der Waals surface area contributed by atoms with Crippen molar-refractivity contribution >= 4 is 40.1 Å². The van der Waals surface area contributed by atoms with Gasteiger partial charge in [0.05, 0.1) is 50.4 Å². The normalized spacial score (nSPS) is 19.0. The van der Waals surface area contributed by atoms with Crippen molar-refractivity contribution in [2.75, 3.05) is 38.6 Å². The number of thiazole rings is 1. The topological polar surface area (TPSA) is 202 Å². The molecule has 0 bridgehead atoms. The number of carbonyl (C=O) groups excluding carboxylic acids is 4. The van der Waals surface area contributed by atoms with Gasteiger partial charge in [-0.25, -0.2) is 4.98 Å². The molecule has 4 amide bonds. The summed E-state index contributed by atoms with van der Waals surface area (Å²) in [6.07, 6.45) is -0.482. The number of rotatable bonds is 13. The zero-order chi connectivity index (χ0) is 29.2. The van der Waals surface area contributed by atoms with Gasteiger partial charge >= 0.3 is 0 Å². The van der Waals surface area contributed by atoms with Crippen molar-refractivity contribution < 1.29 is 39.2 Å². The third-order valence-electron chi connectivity index (χ3n) is 6.24. The highest BCUT2D eigenvalue weighted by Crippen LogP contribution is 2.23. The predicted molar refractivity (Wildman–Crippen MR) is 144 cm³/mol. The largest absolute Gasteiger partial charge is 0.497 e. The summed E-state index contributed by atoms with van der Waals surface area (Å²) < 4.78 is 5.13. The summed E-state index contributed by atoms with van der Waals surface area (Å²) in [5, 5.41) is 40.2. The van der Waals surface area contributed by atoms with Crippen molar-refractivity contribution in [3.05, 3.63) is 40.9 Å². The van der Waals surface area contributed by atoms with Crippen molar-refractivity contribution in [2.24, 2.45) is 0 Å². The molecule has 1 aromatic heterocycles. The predicted octanol–water partition coefficient (Wildman–Crippen LogP) is -2.03. The first-order valence-electron chi connectivity index (χ1n) is 12.5. The number of benzene rings is 1. The zero-order valence-electron chi connectivity index (χ0n) is 22.1. The fraction of sp³-hybridized carbons (Fsp3) is 0.480. The molecule has 1 aromatic carbocycles. The molecule has 2 heterocycles. The van der Waals surface area contributed by atoms with Gasteiger partial charge in [0.1, 0.15) is 17.9 Å². The molecule has 1 unspecified atom stereocenters.